The maximum Gasteiger partial charge on any atom is 0.244 e. The fraction of sp³-hybridized carbons (Fsp3) is 0.188. The van der Waals surface area contributed by atoms with Gasteiger partial charge in [-0.2, -0.15) is 5.10 Å². The molecule has 0 spiro atoms. The van der Waals surface area contributed by atoms with Crippen LogP contribution in [0.5, 0.6) is 0 Å². The van der Waals surface area contributed by atoms with Crippen molar-refractivity contribution in [2.75, 3.05) is 5.32 Å². The van der Waals surface area contributed by atoms with Crippen LogP contribution in [-0.4, -0.2) is 25.7 Å². The third kappa shape index (κ3) is 2.90. The number of amides is 1. The van der Waals surface area contributed by atoms with Crippen molar-refractivity contribution in [2.45, 2.75) is 20.4 Å². The van der Waals surface area contributed by atoms with Crippen molar-refractivity contribution >= 4 is 11.6 Å². The summed E-state index contributed by atoms with van der Waals surface area (Å²) < 4.78 is 1.98. The van der Waals surface area contributed by atoms with E-state index in [-0.39, 0.29) is 5.91 Å². The lowest BCUT2D eigenvalue weighted by Crippen LogP contribution is -2.20. The number of nitrogens with one attached hydrogen (secondary N) is 2. The van der Waals surface area contributed by atoms with Crippen molar-refractivity contribution in [3.63, 3.8) is 0 Å². The third-order valence-electron chi connectivity index (χ3n) is 3.55. The summed E-state index contributed by atoms with van der Waals surface area (Å²) in [5.74, 6) is 0.616. The fourth-order valence-electron chi connectivity index (χ4n) is 2.38. The minimum Gasteiger partial charge on any atom is -0.340 e. The molecule has 1 amide bonds. The van der Waals surface area contributed by atoms with Crippen LogP contribution in [-0.2, 0) is 11.3 Å². The van der Waals surface area contributed by atoms with Crippen molar-refractivity contribution in [1.82, 2.24) is 19.7 Å². The van der Waals surface area contributed by atoms with Gasteiger partial charge in [0.25, 0.3) is 0 Å². The molecule has 0 fully saturated rings. The van der Waals surface area contributed by atoms with E-state index in [2.05, 4.69) is 20.5 Å². The van der Waals surface area contributed by atoms with Gasteiger partial charge in [-0.25, -0.2) is 4.98 Å². The van der Waals surface area contributed by atoms with Crippen LogP contribution in [0.15, 0.2) is 42.7 Å². The number of benzene rings is 1. The highest BCUT2D eigenvalue weighted by Crippen LogP contribution is 2.18. The largest absolute Gasteiger partial charge is 0.340 e. The Balaban J connectivity index is 1.73. The van der Waals surface area contributed by atoms with Gasteiger partial charge >= 0.3 is 0 Å². The third-order valence-corrected chi connectivity index (χ3v) is 3.55. The van der Waals surface area contributed by atoms with Crippen molar-refractivity contribution in [3.8, 4) is 11.4 Å². The number of H-pyrrole nitrogens is 1. The van der Waals surface area contributed by atoms with Gasteiger partial charge in [-0.15, -0.1) is 0 Å². The van der Waals surface area contributed by atoms with E-state index in [1.807, 2.05) is 54.8 Å². The molecule has 6 nitrogen and oxygen atoms in total. The number of nitrogens with zero attached hydrogens (tertiary/aromatic N) is 3. The number of aryl methyl sites for hydroxylation is 2. The Morgan fingerprint density at radius 3 is 2.68 bits per heavy atom. The lowest BCUT2D eigenvalue weighted by Gasteiger charge is -2.10. The van der Waals surface area contributed by atoms with E-state index >= 15 is 0 Å². The van der Waals surface area contributed by atoms with Crippen LogP contribution in [0, 0.1) is 13.8 Å². The van der Waals surface area contributed by atoms with Crippen LogP contribution in [0.2, 0.25) is 0 Å². The SMILES string of the molecule is Cc1ccc(C)n1CC(=O)Nc1cccc(-c2ncn[nH]2)c1. The molecule has 6 heteroatoms. The molecule has 2 N–H and O–H groups in total. The Morgan fingerprint density at radius 1 is 1.23 bits per heavy atom. The molecular weight excluding hydrogens is 278 g/mol. The molecule has 0 saturated heterocycles. The zero-order chi connectivity index (χ0) is 15.5. The van der Waals surface area contributed by atoms with E-state index in [1.165, 1.54) is 6.33 Å². The molecule has 22 heavy (non-hydrogen) atoms. The van der Waals surface area contributed by atoms with Crippen LogP contribution in [0.1, 0.15) is 11.4 Å². The summed E-state index contributed by atoms with van der Waals surface area (Å²) in [5, 5.41) is 9.55. The van der Waals surface area contributed by atoms with E-state index < -0.39 is 0 Å². The predicted molar refractivity (Wildman–Crippen MR) is 84.4 cm³/mol. The number of carbonyl (C=O) groups is 1. The zero-order valence-electron chi connectivity index (χ0n) is 12.5. The molecule has 0 unspecified atom stereocenters. The summed E-state index contributed by atoms with van der Waals surface area (Å²) in [4.78, 5) is 16.3. The zero-order valence-corrected chi connectivity index (χ0v) is 12.5. The number of carbonyl (C=O) groups excluding carboxylic acids is 1. The molecule has 2 aromatic heterocycles. The summed E-state index contributed by atoms with van der Waals surface area (Å²) >= 11 is 0. The molecule has 0 bridgehead atoms. The van der Waals surface area contributed by atoms with Crippen molar-refractivity contribution < 1.29 is 4.79 Å². The summed E-state index contributed by atoms with van der Waals surface area (Å²) in [7, 11) is 0. The van der Waals surface area contributed by atoms with Gasteiger partial charge in [-0.1, -0.05) is 12.1 Å². The Kier molecular flexibility index (Phi) is 3.74. The second-order valence-electron chi connectivity index (χ2n) is 5.17. The van der Waals surface area contributed by atoms with Crippen LogP contribution < -0.4 is 5.32 Å². The molecule has 112 valence electrons. The van der Waals surface area contributed by atoms with Gasteiger partial charge in [-0.05, 0) is 38.1 Å². The normalized spacial score (nSPS) is 10.6. The molecule has 0 radical (unpaired) electrons. The van der Waals surface area contributed by atoms with Gasteiger partial charge in [0.05, 0.1) is 0 Å². The van der Waals surface area contributed by atoms with Gasteiger partial charge in [0, 0.05) is 22.6 Å². The van der Waals surface area contributed by atoms with E-state index in [0.29, 0.717) is 12.4 Å². The Labute approximate surface area is 128 Å². The van der Waals surface area contributed by atoms with Gasteiger partial charge in [0.1, 0.15) is 12.9 Å². The smallest absolute Gasteiger partial charge is 0.244 e. The number of hydrogen-bond donors (Lipinski definition) is 2. The highest BCUT2D eigenvalue weighted by atomic mass is 16.1. The van der Waals surface area contributed by atoms with Crippen LogP contribution in [0.3, 0.4) is 0 Å². The number of rotatable bonds is 4. The minimum absolute atomic E-state index is 0.0582. The molecule has 0 atom stereocenters. The maximum atomic E-state index is 12.2. The Morgan fingerprint density at radius 2 is 2.00 bits per heavy atom. The average molecular weight is 295 g/mol. The highest BCUT2D eigenvalue weighted by Gasteiger charge is 2.08. The van der Waals surface area contributed by atoms with E-state index in [0.717, 1.165) is 22.6 Å². The molecule has 3 aromatic rings. The minimum atomic E-state index is -0.0582. The van der Waals surface area contributed by atoms with E-state index in [1.54, 1.807) is 0 Å². The monoisotopic (exact) mass is 295 g/mol. The van der Waals surface area contributed by atoms with Crippen molar-refractivity contribution in [3.05, 3.63) is 54.1 Å². The molecular formula is C16H17N5O. The summed E-state index contributed by atoms with van der Waals surface area (Å²) in [6.45, 7) is 4.28. The van der Waals surface area contributed by atoms with Gasteiger partial charge in [-0.3, -0.25) is 9.89 Å². The van der Waals surface area contributed by atoms with Crippen LogP contribution >= 0.6 is 0 Å². The molecule has 0 saturated carbocycles. The van der Waals surface area contributed by atoms with Crippen LogP contribution in [0.25, 0.3) is 11.4 Å². The summed E-state index contributed by atoms with van der Waals surface area (Å²) in [6.07, 6.45) is 1.46. The fourth-order valence-corrected chi connectivity index (χ4v) is 2.38. The predicted octanol–water partition coefficient (Wildman–Crippen LogP) is 2.53. The molecule has 3 rings (SSSR count). The lowest BCUT2D eigenvalue weighted by molar-refractivity contribution is -0.116. The van der Waals surface area contributed by atoms with Crippen molar-refractivity contribution in [1.29, 1.82) is 0 Å². The van der Waals surface area contributed by atoms with E-state index in [4.69, 9.17) is 0 Å². The van der Waals surface area contributed by atoms with Crippen molar-refractivity contribution in [2.24, 2.45) is 0 Å². The van der Waals surface area contributed by atoms with Crippen LogP contribution in [0.4, 0.5) is 5.69 Å². The maximum absolute atomic E-state index is 12.2. The molecule has 0 aliphatic rings. The second kappa shape index (κ2) is 5.85. The first-order valence-corrected chi connectivity index (χ1v) is 7.02. The number of aromatic nitrogens is 4. The lowest BCUT2D eigenvalue weighted by atomic mass is 10.2. The molecule has 0 aliphatic carbocycles. The standard InChI is InChI=1S/C16H17N5O/c1-11-6-7-12(2)21(11)9-15(22)19-14-5-3-4-13(8-14)16-17-10-18-20-16/h3-8,10H,9H2,1-2H3,(H,19,22)(H,17,18,20). The molecule has 1 aromatic carbocycles. The molecule has 2 heterocycles. The Bertz CT molecular complexity index is 769. The quantitative estimate of drug-likeness (QED) is 0.776. The van der Waals surface area contributed by atoms with Gasteiger partial charge in [0.15, 0.2) is 5.82 Å². The topological polar surface area (TPSA) is 75.6 Å². The first-order chi connectivity index (χ1) is 10.6. The Hall–Kier alpha value is -2.89. The second-order valence-corrected chi connectivity index (χ2v) is 5.17. The number of anilines is 1. The van der Waals surface area contributed by atoms with Gasteiger partial charge in [0.2, 0.25) is 5.91 Å². The summed E-state index contributed by atoms with van der Waals surface area (Å²) in [6, 6.07) is 11.5. The first-order valence-electron chi connectivity index (χ1n) is 7.02. The molecule has 0 aliphatic heterocycles. The summed E-state index contributed by atoms with van der Waals surface area (Å²) in [5.41, 5.74) is 3.76. The number of aromatic amines is 1. The average Bonchev–Trinajstić information content (AvgIpc) is 3.13. The van der Waals surface area contributed by atoms with Gasteiger partial charge < -0.3 is 9.88 Å². The van der Waals surface area contributed by atoms with E-state index in [9.17, 15) is 4.79 Å². The highest BCUT2D eigenvalue weighted by molar-refractivity contribution is 5.91. The first kappa shape index (κ1) is 14.1. The number of hydrogen-bond acceptors (Lipinski definition) is 3.